The molecular weight excluding hydrogens is 461 g/mol. The van der Waals surface area contributed by atoms with Gasteiger partial charge in [-0.05, 0) is 54.3 Å². The maximum absolute atomic E-state index is 13.9. The van der Waals surface area contributed by atoms with Crippen molar-refractivity contribution in [1.82, 2.24) is 0 Å². The zero-order valence-corrected chi connectivity index (χ0v) is 20.6. The molecule has 3 aromatic rings. The zero-order chi connectivity index (χ0) is 24.9. The van der Waals surface area contributed by atoms with Crippen molar-refractivity contribution in [3.63, 3.8) is 0 Å². The van der Waals surface area contributed by atoms with Gasteiger partial charge in [-0.3, -0.25) is 14.5 Å². The summed E-state index contributed by atoms with van der Waals surface area (Å²) in [7, 11) is 0. The van der Waals surface area contributed by atoms with Crippen molar-refractivity contribution in [3.8, 4) is 0 Å². The number of amidine groups is 1. The Hall–Kier alpha value is -3.71. The Bertz CT molecular complexity index is 1300. The van der Waals surface area contributed by atoms with Crippen LogP contribution in [0, 0.1) is 12.7 Å². The van der Waals surface area contributed by atoms with Gasteiger partial charge in [0.05, 0.1) is 17.1 Å². The van der Waals surface area contributed by atoms with Crippen molar-refractivity contribution < 1.29 is 14.0 Å². The number of nitrogens with one attached hydrogen (secondary N) is 1. The molecule has 1 heterocycles. The average Bonchev–Trinajstić information content (AvgIpc) is 3.15. The number of hydrogen-bond acceptors (Lipinski definition) is 4. The first-order chi connectivity index (χ1) is 16.8. The molecule has 35 heavy (non-hydrogen) atoms. The van der Waals surface area contributed by atoms with Crippen LogP contribution in [0.3, 0.4) is 0 Å². The molecule has 2 amide bonds. The summed E-state index contributed by atoms with van der Waals surface area (Å²) in [4.78, 5) is 31.9. The number of rotatable bonds is 6. The van der Waals surface area contributed by atoms with E-state index in [0.29, 0.717) is 22.5 Å². The van der Waals surface area contributed by atoms with Crippen LogP contribution in [-0.4, -0.2) is 22.7 Å². The molecule has 0 saturated heterocycles. The first-order valence-electron chi connectivity index (χ1n) is 11.3. The van der Waals surface area contributed by atoms with E-state index in [1.165, 1.54) is 22.6 Å². The molecule has 3 aromatic carbocycles. The molecule has 0 saturated carbocycles. The molecule has 178 valence electrons. The fraction of sp³-hybridized carbons (Fsp3) is 0.179. The second-order valence-corrected chi connectivity index (χ2v) is 9.48. The van der Waals surface area contributed by atoms with Gasteiger partial charge < -0.3 is 5.32 Å². The van der Waals surface area contributed by atoms with Crippen molar-refractivity contribution >= 4 is 46.2 Å². The minimum Gasteiger partial charge on any atom is -0.323 e. The number of aliphatic imine (C=N–C) groups is 1. The van der Waals surface area contributed by atoms with E-state index < -0.39 is 5.82 Å². The number of benzene rings is 3. The number of hydrogen-bond donors (Lipinski definition) is 1. The summed E-state index contributed by atoms with van der Waals surface area (Å²) in [6, 6.07) is 21.5. The number of thioether (sulfide) groups is 1. The van der Waals surface area contributed by atoms with Crippen molar-refractivity contribution in [2.75, 3.05) is 16.0 Å². The SMILES string of the molecule is Cc1ccc(N2C(=O)/C(=C/c3ccc(C(C)C)cc3)N=C2SCC(=O)Nc2ccccc2F)cc1. The molecule has 1 aliphatic heterocycles. The van der Waals surface area contributed by atoms with Crippen molar-refractivity contribution in [1.29, 1.82) is 0 Å². The van der Waals surface area contributed by atoms with E-state index in [2.05, 4.69) is 24.2 Å². The Labute approximate surface area is 208 Å². The van der Waals surface area contributed by atoms with Crippen LogP contribution in [0.4, 0.5) is 15.8 Å². The number of para-hydroxylation sites is 1. The lowest BCUT2D eigenvalue weighted by Crippen LogP contribution is -2.31. The Morgan fingerprint density at radius 2 is 1.74 bits per heavy atom. The van der Waals surface area contributed by atoms with Crippen LogP contribution in [0.25, 0.3) is 6.08 Å². The van der Waals surface area contributed by atoms with Gasteiger partial charge in [0, 0.05) is 0 Å². The normalized spacial score (nSPS) is 14.5. The standard InChI is InChI=1S/C28H26FN3O2S/c1-18(2)21-12-10-20(11-13-21)16-25-27(34)32(22-14-8-19(3)9-15-22)28(31-25)35-17-26(33)30-24-7-5-4-6-23(24)29/h4-16,18H,17H2,1-3H3,(H,30,33)/b25-16-. The van der Waals surface area contributed by atoms with Gasteiger partial charge in [0.2, 0.25) is 5.91 Å². The highest BCUT2D eigenvalue weighted by atomic mass is 32.2. The van der Waals surface area contributed by atoms with E-state index in [1.54, 1.807) is 18.2 Å². The van der Waals surface area contributed by atoms with Crippen LogP contribution in [-0.2, 0) is 9.59 Å². The second kappa shape index (κ2) is 10.7. The van der Waals surface area contributed by atoms with Gasteiger partial charge >= 0.3 is 0 Å². The minimum atomic E-state index is -0.505. The van der Waals surface area contributed by atoms with E-state index in [4.69, 9.17) is 0 Å². The van der Waals surface area contributed by atoms with E-state index in [9.17, 15) is 14.0 Å². The summed E-state index contributed by atoms with van der Waals surface area (Å²) in [5.74, 6) is -0.772. The summed E-state index contributed by atoms with van der Waals surface area (Å²) in [5.41, 5.74) is 4.22. The third-order valence-electron chi connectivity index (χ3n) is 5.51. The van der Waals surface area contributed by atoms with Gasteiger partial charge in [-0.1, -0.05) is 79.7 Å². The second-order valence-electron chi connectivity index (χ2n) is 8.54. The number of amides is 2. The van der Waals surface area contributed by atoms with Crippen molar-refractivity contribution in [2.24, 2.45) is 4.99 Å². The van der Waals surface area contributed by atoms with Gasteiger partial charge in [-0.2, -0.15) is 0 Å². The van der Waals surface area contributed by atoms with Crippen LogP contribution in [0.2, 0.25) is 0 Å². The van der Waals surface area contributed by atoms with Gasteiger partial charge in [0.1, 0.15) is 11.5 Å². The van der Waals surface area contributed by atoms with Crippen LogP contribution in [0.15, 0.2) is 83.5 Å². The predicted octanol–water partition coefficient (Wildman–Crippen LogP) is 6.37. The number of anilines is 2. The van der Waals surface area contributed by atoms with Crippen LogP contribution >= 0.6 is 11.8 Å². The highest BCUT2D eigenvalue weighted by Gasteiger charge is 2.32. The van der Waals surface area contributed by atoms with Crippen LogP contribution in [0.5, 0.6) is 0 Å². The molecule has 0 aromatic heterocycles. The Morgan fingerprint density at radius 3 is 2.40 bits per heavy atom. The average molecular weight is 488 g/mol. The molecule has 0 atom stereocenters. The van der Waals surface area contributed by atoms with E-state index in [-0.39, 0.29) is 23.3 Å². The third-order valence-corrected chi connectivity index (χ3v) is 6.45. The molecule has 1 aliphatic rings. The molecule has 4 rings (SSSR count). The predicted molar refractivity (Wildman–Crippen MR) is 142 cm³/mol. The lowest BCUT2D eigenvalue weighted by molar-refractivity contribution is -0.114. The molecular formula is C28H26FN3O2S. The van der Waals surface area contributed by atoms with Gasteiger partial charge in [0.15, 0.2) is 5.17 Å². The number of halogens is 1. The summed E-state index contributed by atoms with van der Waals surface area (Å²) < 4.78 is 13.9. The molecule has 0 bridgehead atoms. The molecule has 0 radical (unpaired) electrons. The van der Waals surface area contributed by atoms with Crippen molar-refractivity contribution in [3.05, 3.63) is 101 Å². The fourth-order valence-electron chi connectivity index (χ4n) is 3.53. The Balaban J connectivity index is 1.57. The van der Waals surface area contributed by atoms with Crippen LogP contribution in [0.1, 0.15) is 36.5 Å². The first kappa shape index (κ1) is 24.4. The molecule has 7 heteroatoms. The molecule has 1 N–H and O–H groups in total. The fourth-order valence-corrected chi connectivity index (χ4v) is 4.34. The number of aryl methyl sites for hydroxylation is 1. The van der Waals surface area contributed by atoms with Gasteiger partial charge in [0.25, 0.3) is 5.91 Å². The van der Waals surface area contributed by atoms with Gasteiger partial charge in [-0.25, -0.2) is 9.38 Å². The van der Waals surface area contributed by atoms with Gasteiger partial charge in [-0.15, -0.1) is 0 Å². The maximum Gasteiger partial charge on any atom is 0.283 e. The first-order valence-corrected chi connectivity index (χ1v) is 12.3. The summed E-state index contributed by atoms with van der Waals surface area (Å²) in [5, 5.41) is 2.96. The number of carbonyl (C=O) groups excluding carboxylic acids is 2. The molecule has 0 fully saturated rings. The summed E-state index contributed by atoms with van der Waals surface area (Å²) in [6.45, 7) is 6.23. The van der Waals surface area contributed by atoms with Crippen LogP contribution < -0.4 is 10.2 Å². The molecule has 0 unspecified atom stereocenters. The Kier molecular flexibility index (Phi) is 7.46. The quantitative estimate of drug-likeness (QED) is 0.411. The van der Waals surface area contributed by atoms with Crippen molar-refractivity contribution in [2.45, 2.75) is 26.7 Å². The zero-order valence-electron chi connectivity index (χ0n) is 19.8. The number of nitrogens with zero attached hydrogens (tertiary/aromatic N) is 2. The monoisotopic (exact) mass is 487 g/mol. The lowest BCUT2D eigenvalue weighted by Gasteiger charge is -2.18. The topological polar surface area (TPSA) is 61.8 Å². The summed E-state index contributed by atoms with van der Waals surface area (Å²) >= 11 is 1.13. The van der Waals surface area contributed by atoms with E-state index in [0.717, 1.165) is 22.9 Å². The van der Waals surface area contributed by atoms with E-state index in [1.807, 2.05) is 55.5 Å². The third kappa shape index (κ3) is 5.87. The minimum absolute atomic E-state index is 0.0286. The maximum atomic E-state index is 13.9. The number of carbonyl (C=O) groups is 2. The Morgan fingerprint density at radius 1 is 1.06 bits per heavy atom. The largest absolute Gasteiger partial charge is 0.323 e. The van der Waals surface area contributed by atoms with E-state index >= 15 is 0 Å². The highest BCUT2D eigenvalue weighted by Crippen LogP contribution is 2.30. The molecule has 5 nitrogen and oxygen atoms in total. The molecule has 0 spiro atoms. The summed E-state index contributed by atoms with van der Waals surface area (Å²) in [6.07, 6.45) is 1.75. The smallest absolute Gasteiger partial charge is 0.283 e. The highest BCUT2D eigenvalue weighted by molar-refractivity contribution is 8.14. The lowest BCUT2D eigenvalue weighted by atomic mass is 10.0. The molecule has 0 aliphatic carbocycles.